The average Bonchev–Trinajstić information content (AvgIpc) is 2.35. The minimum atomic E-state index is -0.215. The van der Waals surface area contributed by atoms with Gasteiger partial charge in [-0.25, -0.2) is 4.39 Å². The van der Waals surface area contributed by atoms with E-state index in [-0.39, 0.29) is 23.1 Å². The van der Waals surface area contributed by atoms with Crippen LogP contribution < -0.4 is 0 Å². The van der Waals surface area contributed by atoms with Crippen LogP contribution in [0.4, 0.5) is 4.39 Å². The maximum Gasteiger partial charge on any atom is 0.306 e. The van der Waals surface area contributed by atoms with Crippen LogP contribution >= 0.6 is 0 Å². The number of aryl methyl sites for hydroxylation is 1. The lowest BCUT2D eigenvalue weighted by Crippen LogP contribution is -2.25. The predicted molar refractivity (Wildman–Crippen MR) is 78.9 cm³/mol. The Bertz CT molecular complexity index is 418. The highest BCUT2D eigenvalue weighted by molar-refractivity contribution is 5.69. The first-order valence-corrected chi connectivity index (χ1v) is 7.23. The fourth-order valence-corrected chi connectivity index (χ4v) is 2.25. The molecule has 0 aliphatic rings. The Hall–Kier alpha value is -1.38. The molecule has 1 rings (SSSR count). The summed E-state index contributed by atoms with van der Waals surface area (Å²) in [6.07, 6.45) is 2.19. The molecule has 0 bridgehead atoms. The molecule has 1 aromatic carbocycles. The third-order valence-electron chi connectivity index (χ3n) is 3.64. The van der Waals surface area contributed by atoms with Crippen molar-refractivity contribution in [1.29, 1.82) is 0 Å². The summed E-state index contributed by atoms with van der Waals surface area (Å²) in [6, 6.07) is 6.57. The van der Waals surface area contributed by atoms with Gasteiger partial charge in [0.2, 0.25) is 0 Å². The van der Waals surface area contributed by atoms with Crippen LogP contribution in [0.5, 0.6) is 0 Å². The Kier molecular flexibility index (Phi) is 6.18. The molecular weight excluding hydrogens is 255 g/mol. The van der Waals surface area contributed by atoms with E-state index in [1.165, 1.54) is 12.1 Å². The monoisotopic (exact) mass is 280 g/mol. The average molecular weight is 280 g/mol. The van der Waals surface area contributed by atoms with E-state index < -0.39 is 0 Å². The summed E-state index contributed by atoms with van der Waals surface area (Å²) in [5, 5.41) is 0. The molecule has 3 heteroatoms. The van der Waals surface area contributed by atoms with E-state index in [0.29, 0.717) is 13.0 Å². The van der Waals surface area contributed by atoms with Crippen molar-refractivity contribution in [2.45, 2.75) is 47.0 Å². The standard InChI is InChI=1S/C17H25FO2/c1-5-20-16(19)12-14(17(2,3)4)9-6-13-7-10-15(18)11-8-13/h7-8,10-11,14H,5-6,9,12H2,1-4H3. The van der Waals surface area contributed by atoms with Crippen molar-refractivity contribution in [1.82, 2.24) is 0 Å². The summed E-state index contributed by atoms with van der Waals surface area (Å²) < 4.78 is 17.9. The van der Waals surface area contributed by atoms with E-state index in [4.69, 9.17) is 4.74 Å². The first-order chi connectivity index (χ1) is 9.32. The van der Waals surface area contributed by atoms with Gasteiger partial charge in [-0.2, -0.15) is 0 Å². The zero-order valence-corrected chi connectivity index (χ0v) is 12.9. The summed E-state index contributed by atoms with van der Waals surface area (Å²) in [4.78, 5) is 11.7. The lowest BCUT2D eigenvalue weighted by molar-refractivity contribution is -0.145. The van der Waals surface area contributed by atoms with Gasteiger partial charge in [-0.1, -0.05) is 32.9 Å². The normalized spacial score (nSPS) is 13.1. The number of halogens is 1. The SMILES string of the molecule is CCOC(=O)CC(CCc1ccc(F)cc1)C(C)(C)C. The first kappa shape index (κ1) is 16.7. The quantitative estimate of drug-likeness (QED) is 0.723. The molecule has 0 radical (unpaired) electrons. The van der Waals surface area contributed by atoms with Gasteiger partial charge in [-0.05, 0) is 48.8 Å². The molecule has 0 saturated heterocycles. The minimum Gasteiger partial charge on any atom is -0.466 e. The number of hydrogen-bond donors (Lipinski definition) is 0. The Morgan fingerprint density at radius 2 is 1.85 bits per heavy atom. The van der Waals surface area contributed by atoms with Crippen LogP contribution in [0.3, 0.4) is 0 Å². The maximum atomic E-state index is 12.9. The molecular formula is C17H25FO2. The molecule has 0 fully saturated rings. The molecule has 0 aromatic heterocycles. The molecule has 20 heavy (non-hydrogen) atoms. The van der Waals surface area contributed by atoms with Crippen LogP contribution in [0.2, 0.25) is 0 Å². The van der Waals surface area contributed by atoms with Gasteiger partial charge >= 0.3 is 5.97 Å². The molecule has 1 aromatic rings. The van der Waals surface area contributed by atoms with E-state index in [1.54, 1.807) is 12.1 Å². The first-order valence-electron chi connectivity index (χ1n) is 7.23. The fraction of sp³-hybridized carbons (Fsp3) is 0.588. The van der Waals surface area contributed by atoms with Crippen LogP contribution in [0.1, 0.15) is 46.1 Å². The highest BCUT2D eigenvalue weighted by Gasteiger charge is 2.27. The minimum absolute atomic E-state index is 0.0484. The molecule has 0 heterocycles. The summed E-state index contributed by atoms with van der Waals surface area (Å²) >= 11 is 0. The second-order valence-corrected chi connectivity index (χ2v) is 6.24. The summed E-state index contributed by atoms with van der Waals surface area (Å²) in [7, 11) is 0. The second kappa shape index (κ2) is 7.41. The van der Waals surface area contributed by atoms with E-state index in [9.17, 15) is 9.18 Å². The molecule has 0 aliphatic heterocycles. The molecule has 0 N–H and O–H groups in total. The Labute approximate surface area is 121 Å². The largest absolute Gasteiger partial charge is 0.466 e. The lowest BCUT2D eigenvalue weighted by atomic mass is 9.75. The zero-order valence-electron chi connectivity index (χ0n) is 12.9. The second-order valence-electron chi connectivity index (χ2n) is 6.24. The maximum absolute atomic E-state index is 12.9. The molecule has 0 spiro atoms. The molecule has 0 saturated carbocycles. The van der Waals surface area contributed by atoms with Crippen molar-refractivity contribution in [2.75, 3.05) is 6.61 Å². The Balaban J connectivity index is 2.61. The van der Waals surface area contributed by atoms with E-state index in [2.05, 4.69) is 20.8 Å². The fourth-order valence-electron chi connectivity index (χ4n) is 2.25. The zero-order chi connectivity index (χ0) is 15.2. The Morgan fingerprint density at radius 1 is 1.25 bits per heavy atom. The number of hydrogen-bond acceptors (Lipinski definition) is 2. The topological polar surface area (TPSA) is 26.3 Å². The van der Waals surface area contributed by atoms with Crippen molar-refractivity contribution in [3.63, 3.8) is 0 Å². The van der Waals surface area contributed by atoms with Gasteiger partial charge in [0.1, 0.15) is 5.82 Å². The van der Waals surface area contributed by atoms with E-state index in [1.807, 2.05) is 6.92 Å². The predicted octanol–water partition coefficient (Wildman–Crippen LogP) is 4.37. The third kappa shape index (κ3) is 5.72. The van der Waals surface area contributed by atoms with E-state index in [0.717, 1.165) is 18.4 Å². The van der Waals surface area contributed by atoms with Crippen LogP contribution in [-0.2, 0) is 16.0 Å². The van der Waals surface area contributed by atoms with Gasteiger partial charge in [0, 0.05) is 6.42 Å². The number of carbonyl (C=O) groups excluding carboxylic acids is 1. The van der Waals surface area contributed by atoms with Gasteiger partial charge in [0.05, 0.1) is 6.61 Å². The van der Waals surface area contributed by atoms with Gasteiger partial charge < -0.3 is 4.74 Å². The van der Waals surface area contributed by atoms with Gasteiger partial charge in [0.25, 0.3) is 0 Å². The van der Waals surface area contributed by atoms with Gasteiger partial charge in [-0.3, -0.25) is 4.79 Å². The molecule has 0 amide bonds. The summed E-state index contributed by atoms with van der Waals surface area (Å²) in [5.74, 6) is -0.0919. The number of benzene rings is 1. The van der Waals surface area contributed by atoms with Crippen molar-refractivity contribution >= 4 is 5.97 Å². The summed E-state index contributed by atoms with van der Waals surface area (Å²) in [5.41, 5.74) is 1.15. The smallest absolute Gasteiger partial charge is 0.306 e. The number of ether oxygens (including phenoxy) is 1. The van der Waals surface area contributed by atoms with Crippen LogP contribution in [0.25, 0.3) is 0 Å². The van der Waals surface area contributed by atoms with Crippen molar-refractivity contribution in [3.8, 4) is 0 Å². The highest BCUT2D eigenvalue weighted by Crippen LogP contribution is 2.32. The molecule has 1 atom stereocenters. The van der Waals surface area contributed by atoms with E-state index >= 15 is 0 Å². The van der Waals surface area contributed by atoms with Crippen LogP contribution in [-0.4, -0.2) is 12.6 Å². The van der Waals surface area contributed by atoms with Crippen molar-refractivity contribution in [2.24, 2.45) is 11.3 Å². The van der Waals surface area contributed by atoms with Crippen molar-refractivity contribution < 1.29 is 13.9 Å². The summed E-state index contributed by atoms with van der Waals surface area (Å²) in [6.45, 7) is 8.67. The molecule has 1 unspecified atom stereocenters. The van der Waals surface area contributed by atoms with Crippen LogP contribution in [0, 0.1) is 17.2 Å². The molecule has 0 aliphatic carbocycles. The lowest BCUT2D eigenvalue weighted by Gasteiger charge is -2.30. The van der Waals surface area contributed by atoms with Crippen LogP contribution in [0.15, 0.2) is 24.3 Å². The molecule has 112 valence electrons. The number of rotatable bonds is 6. The number of esters is 1. The Morgan fingerprint density at radius 3 is 2.35 bits per heavy atom. The number of carbonyl (C=O) groups is 1. The highest BCUT2D eigenvalue weighted by atomic mass is 19.1. The van der Waals surface area contributed by atoms with Crippen molar-refractivity contribution in [3.05, 3.63) is 35.6 Å². The third-order valence-corrected chi connectivity index (χ3v) is 3.64. The molecule has 2 nitrogen and oxygen atoms in total. The van der Waals surface area contributed by atoms with Gasteiger partial charge in [-0.15, -0.1) is 0 Å². The van der Waals surface area contributed by atoms with Gasteiger partial charge in [0.15, 0.2) is 0 Å².